The van der Waals surface area contributed by atoms with Crippen LogP contribution in [0.3, 0.4) is 0 Å². The zero-order chi connectivity index (χ0) is 10.3. The summed E-state index contributed by atoms with van der Waals surface area (Å²) in [7, 11) is 0. The van der Waals surface area contributed by atoms with Crippen molar-refractivity contribution in [2.24, 2.45) is 11.3 Å². The summed E-state index contributed by atoms with van der Waals surface area (Å²) in [5, 5.41) is 8.83. The van der Waals surface area contributed by atoms with Gasteiger partial charge in [-0.3, -0.25) is 4.79 Å². The molecule has 1 rings (SSSR count). The summed E-state index contributed by atoms with van der Waals surface area (Å²) in [5.74, 6) is -3.69. The summed E-state index contributed by atoms with van der Waals surface area (Å²) >= 11 is 0. The SMILES string of the molecule is CC(C)CC1(C(=O)O)CC(F)(F)C1. The maximum Gasteiger partial charge on any atom is 0.310 e. The Morgan fingerprint density at radius 2 is 1.92 bits per heavy atom. The van der Waals surface area contributed by atoms with Crippen LogP contribution in [0.1, 0.15) is 33.1 Å². The molecule has 0 bridgehead atoms. The summed E-state index contributed by atoms with van der Waals surface area (Å²) < 4.78 is 25.2. The fourth-order valence-electron chi connectivity index (χ4n) is 2.10. The summed E-state index contributed by atoms with van der Waals surface area (Å²) in [6, 6.07) is 0. The molecule has 0 unspecified atom stereocenters. The van der Waals surface area contributed by atoms with Crippen molar-refractivity contribution in [3.05, 3.63) is 0 Å². The summed E-state index contributed by atoms with van der Waals surface area (Å²) in [6.07, 6.45) is -0.640. The normalized spacial score (nSPS) is 24.1. The third-order valence-electron chi connectivity index (χ3n) is 2.45. The van der Waals surface area contributed by atoms with Gasteiger partial charge in [0.2, 0.25) is 5.92 Å². The van der Waals surface area contributed by atoms with Crippen molar-refractivity contribution >= 4 is 5.97 Å². The van der Waals surface area contributed by atoms with Crippen LogP contribution in [0.2, 0.25) is 0 Å². The van der Waals surface area contributed by atoms with E-state index in [-0.39, 0.29) is 5.92 Å². The molecule has 1 fully saturated rings. The topological polar surface area (TPSA) is 37.3 Å². The van der Waals surface area contributed by atoms with Crippen LogP contribution in [0.15, 0.2) is 0 Å². The molecule has 0 atom stereocenters. The van der Waals surface area contributed by atoms with E-state index >= 15 is 0 Å². The van der Waals surface area contributed by atoms with E-state index in [9.17, 15) is 13.6 Å². The first-order valence-electron chi connectivity index (χ1n) is 4.39. The highest BCUT2D eigenvalue weighted by molar-refractivity contribution is 5.76. The summed E-state index contributed by atoms with van der Waals surface area (Å²) in [5.41, 5.74) is -1.16. The van der Waals surface area contributed by atoms with E-state index in [1.807, 2.05) is 13.8 Å². The van der Waals surface area contributed by atoms with Crippen molar-refractivity contribution < 1.29 is 18.7 Å². The van der Waals surface area contributed by atoms with Crippen LogP contribution >= 0.6 is 0 Å². The highest BCUT2D eigenvalue weighted by atomic mass is 19.3. The Balaban J connectivity index is 2.66. The molecular formula is C9H14F2O2. The predicted octanol–water partition coefficient (Wildman–Crippen LogP) is 2.53. The van der Waals surface area contributed by atoms with Gasteiger partial charge in [-0.1, -0.05) is 13.8 Å². The highest BCUT2D eigenvalue weighted by Gasteiger charge is 2.60. The first-order chi connectivity index (χ1) is 5.77. The van der Waals surface area contributed by atoms with Gasteiger partial charge in [0, 0.05) is 12.8 Å². The van der Waals surface area contributed by atoms with Crippen LogP contribution in [0.25, 0.3) is 0 Å². The van der Waals surface area contributed by atoms with Gasteiger partial charge in [-0.05, 0) is 12.3 Å². The molecule has 1 aliphatic carbocycles. The van der Waals surface area contributed by atoms with Crippen molar-refractivity contribution in [1.29, 1.82) is 0 Å². The van der Waals surface area contributed by atoms with Crippen molar-refractivity contribution in [3.63, 3.8) is 0 Å². The average molecular weight is 192 g/mol. The highest BCUT2D eigenvalue weighted by Crippen LogP contribution is 2.55. The summed E-state index contributed by atoms with van der Waals surface area (Å²) in [4.78, 5) is 10.8. The fraction of sp³-hybridized carbons (Fsp3) is 0.889. The van der Waals surface area contributed by atoms with Crippen molar-refractivity contribution in [1.82, 2.24) is 0 Å². The van der Waals surface area contributed by atoms with Crippen LogP contribution in [0.5, 0.6) is 0 Å². The molecule has 13 heavy (non-hydrogen) atoms. The maximum absolute atomic E-state index is 12.6. The Morgan fingerprint density at radius 1 is 1.46 bits per heavy atom. The smallest absolute Gasteiger partial charge is 0.310 e. The van der Waals surface area contributed by atoms with Gasteiger partial charge in [0.05, 0.1) is 5.41 Å². The quantitative estimate of drug-likeness (QED) is 0.746. The second kappa shape index (κ2) is 2.93. The van der Waals surface area contributed by atoms with Gasteiger partial charge < -0.3 is 5.11 Å². The molecule has 1 saturated carbocycles. The Kier molecular flexibility index (Phi) is 2.34. The lowest BCUT2D eigenvalue weighted by atomic mass is 9.62. The maximum atomic E-state index is 12.6. The molecule has 0 saturated heterocycles. The number of carboxylic acids is 1. The van der Waals surface area contributed by atoms with Gasteiger partial charge in [-0.25, -0.2) is 8.78 Å². The van der Waals surface area contributed by atoms with Gasteiger partial charge in [-0.2, -0.15) is 0 Å². The molecule has 0 aliphatic heterocycles. The molecule has 1 aliphatic rings. The van der Waals surface area contributed by atoms with Crippen LogP contribution < -0.4 is 0 Å². The largest absolute Gasteiger partial charge is 0.481 e. The number of aliphatic carboxylic acids is 1. The van der Waals surface area contributed by atoms with Gasteiger partial charge in [0.25, 0.3) is 0 Å². The molecule has 2 nitrogen and oxygen atoms in total. The van der Waals surface area contributed by atoms with Crippen molar-refractivity contribution in [3.8, 4) is 0 Å². The van der Waals surface area contributed by atoms with E-state index < -0.39 is 30.1 Å². The second-order valence-electron chi connectivity index (χ2n) is 4.39. The molecule has 0 heterocycles. The van der Waals surface area contributed by atoms with Gasteiger partial charge in [0.15, 0.2) is 0 Å². The van der Waals surface area contributed by atoms with E-state index in [4.69, 9.17) is 5.11 Å². The lowest BCUT2D eigenvalue weighted by molar-refractivity contribution is -0.197. The monoisotopic (exact) mass is 192 g/mol. The van der Waals surface area contributed by atoms with Gasteiger partial charge in [-0.15, -0.1) is 0 Å². The lowest BCUT2D eigenvalue weighted by Gasteiger charge is -2.44. The lowest BCUT2D eigenvalue weighted by Crippen LogP contribution is -2.51. The number of hydrogen-bond acceptors (Lipinski definition) is 1. The second-order valence-corrected chi connectivity index (χ2v) is 4.39. The zero-order valence-electron chi connectivity index (χ0n) is 7.81. The summed E-state index contributed by atoms with van der Waals surface area (Å²) in [6.45, 7) is 3.70. The molecule has 1 N–H and O–H groups in total. The van der Waals surface area contributed by atoms with Gasteiger partial charge in [0.1, 0.15) is 0 Å². The Labute approximate surface area is 75.9 Å². The number of rotatable bonds is 3. The molecular weight excluding hydrogens is 178 g/mol. The molecule has 4 heteroatoms. The van der Waals surface area contributed by atoms with E-state index in [0.29, 0.717) is 6.42 Å². The number of carboxylic acid groups (broad SMARTS) is 1. The molecule has 0 aromatic heterocycles. The van der Waals surface area contributed by atoms with Crippen molar-refractivity contribution in [2.75, 3.05) is 0 Å². The fourth-order valence-corrected chi connectivity index (χ4v) is 2.10. The third kappa shape index (κ3) is 1.98. The first-order valence-corrected chi connectivity index (χ1v) is 4.39. The number of hydrogen-bond donors (Lipinski definition) is 1. The van der Waals surface area contributed by atoms with E-state index in [2.05, 4.69) is 0 Å². The van der Waals surface area contributed by atoms with E-state index in [0.717, 1.165) is 0 Å². The first kappa shape index (κ1) is 10.4. The Morgan fingerprint density at radius 3 is 2.15 bits per heavy atom. The molecule has 0 aromatic carbocycles. The van der Waals surface area contributed by atoms with E-state index in [1.165, 1.54) is 0 Å². The molecule has 0 aromatic rings. The Hall–Kier alpha value is -0.670. The molecule has 76 valence electrons. The minimum absolute atomic E-state index is 0.146. The number of carbonyl (C=O) groups is 1. The molecule has 0 radical (unpaired) electrons. The van der Waals surface area contributed by atoms with Crippen LogP contribution in [-0.2, 0) is 4.79 Å². The van der Waals surface area contributed by atoms with Crippen LogP contribution in [-0.4, -0.2) is 17.0 Å². The average Bonchev–Trinajstić information content (AvgIpc) is 1.80. The van der Waals surface area contributed by atoms with Crippen molar-refractivity contribution in [2.45, 2.75) is 39.0 Å². The molecule has 0 amide bonds. The van der Waals surface area contributed by atoms with Crippen LogP contribution in [0.4, 0.5) is 8.78 Å². The zero-order valence-corrected chi connectivity index (χ0v) is 7.81. The number of halogens is 2. The standard InChI is InChI=1S/C9H14F2O2/c1-6(2)3-8(7(12)13)4-9(10,11)5-8/h6H,3-5H2,1-2H3,(H,12,13). The molecule has 0 spiro atoms. The predicted molar refractivity (Wildman–Crippen MR) is 43.7 cm³/mol. The third-order valence-corrected chi connectivity index (χ3v) is 2.45. The van der Waals surface area contributed by atoms with E-state index in [1.54, 1.807) is 0 Å². The number of alkyl halides is 2. The minimum atomic E-state index is -2.76. The van der Waals surface area contributed by atoms with Gasteiger partial charge >= 0.3 is 5.97 Å². The minimum Gasteiger partial charge on any atom is -0.481 e. The van der Waals surface area contributed by atoms with Crippen LogP contribution in [0, 0.1) is 11.3 Å². The Bertz CT molecular complexity index is 210.